The summed E-state index contributed by atoms with van der Waals surface area (Å²) in [6, 6.07) is 14.9. The molecular formula is C21H16Cl4N6S. The Morgan fingerprint density at radius 2 is 1.50 bits per heavy atom. The second-order valence-corrected chi connectivity index (χ2v) is 8.94. The molecular weight excluding hydrogens is 510 g/mol. The smallest absolute Gasteiger partial charge is 0.177 e. The van der Waals surface area contributed by atoms with E-state index in [9.17, 15) is 0 Å². The third-order valence-electron chi connectivity index (χ3n) is 4.42. The molecule has 2 N–H and O–H groups in total. The van der Waals surface area contributed by atoms with Crippen molar-refractivity contribution in [2.24, 2.45) is 0 Å². The van der Waals surface area contributed by atoms with Crippen molar-refractivity contribution >= 4 is 75.4 Å². The van der Waals surface area contributed by atoms with Gasteiger partial charge in [-0.05, 0) is 47.6 Å². The first kappa shape index (κ1) is 22.9. The van der Waals surface area contributed by atoms with Crippen molar-refractivity contribution in [3.63, 3.8) is 0 Å². The van der Waals surface area contributed by atoms with Crippen molar-refractivity contribution in [1.29, 1.82) is 0 Å². The van der Waals surface area contributed by atoms with Crippen molar-refractivity contribution in [3.05, 3.63) is 92.1 Å². The molecule has 0 fully saturated rings. The van der Waals surface area contributed by atoms with E-state index in [0.29, 0.717) is 49.9 Å². The molecule has 2 heterocycles. The van der Waals surface area contributed by atoms with Gasteiger partial charge in [0.25, 0.3) is 0 Å². The predicted octanol–water partition coefficient (Wildman–Crippen LogP) is 6.60. The highest BCUT2D eigenvalue weighted by atomic mass is 35.5. The largest absolute Gasteiger partial charge is 0.316 e. The third-order valence-corrected chi connectivity index (χ3v) is 5.89. The van der Waals surface area contributed by atoms with Crippen molar-refractivity contribution < 1.29 is 0 Å². The molecule has 0 radical (unpaired) electrons. The van der Waals surface area contributed by atoms with Gasteiger partial charge in [-0.1, -0.05) is 64.6 Å². The van der Waals surface area contributed by atoms with E-state index in [4.69, 9.17) is 58.6 Å². The molecule has 4 rings (SSSR count). The van der Waals surface area contributed by atoms with Gasteiger partial charge in [0, 0.05) is 23.5 Å². The van der Waals surface area contributed by atoms with Crippen LogP contribution in [0.4, 0.5) is 11.6 Å². The maximum Gasteiger partial charge on any atom is 0.177 e. The maximum atomic E-state index is 6.31. The predicted molar refractivity (Wildman–Crippen MR) is 135 cm³/mol. The number of rotatable bonds is 6. The molecule has 2 aromatic heterocycles. The van der Waals surface area contributed by atoms with E-state index in [0.717, 1.165) is 11.1 Å². The second-order valence-electron chi connectivity index (χ2n) is 6.88. The number of hydrogen-bond donors (Lipinski definition) is 2. The van der Waals surface area contributed by atoms with Gasteiger partial charge in [-0.25, -0.2) is 0 Å². The average molecular weight is 526 g/mol. The molecule has 32 heavy (non-hydrogen) atoms. The molecule has 0 unspecified atom stereocenters. The van der Waals surface area contributed by atoms with E-state index in [1.807, 2.05) is 42.6 Å². The number of thiocarbonyl (C=S) groups is 1. The minimum atomic E-state index is 0.323. The molecule has 0 saturated heterocycles. The van der Waals surface area contributed by atoms with Gasteiger partial charge in [0.05, 0.1) is 23.1 Å². The molecule has 0 bridgehead atoms. The quantitative estimate of drug-likeness (QED) is 0.278. The van der Waals surface area contributed by atoms with Gasteiger partial charge >= 0.3 is 0 Å². The van der Waals surface area contributed by atoms with Gasteiger partial charge in [-0.15, -0.1) is 0 Å². The molecule has 0 aliphatic carbocycles. The molecule has 164 valence electrons. The SMILES string of the molecule is S=C(Nc1ccn(Cc2ccc(Cl)cc2)n1)Nc1nn(Cc2ccc(Cl)c(Cl)c2)cc1Cl. The van der Waals surface area contributed by atoms with Crippen LogP contribution in [-0.4, -0.2) is 24.7 Å². The standard InChI is InChI=1S/C21H16Cl4N6S/c22-15-4-1-13(2-5-15)10-30-8-7-19(28-30)26-21(32)27-20-18(25)12-31(29-20)11-14-3-6-16(23)17(24)9-14/h1-9,12H,10-11H2,(H2,26,27,28,29,32). The van der Waals surface area contributed by atoms with E-state index in [2.05, 4.69) is 20.8 Å². The van der Waals surface area contributed by atoms with Crippen molar-refractivity contribution in [2.75, 3.05) is 10.6 Å². The van der Waals surface area contributed by atoms with E-state index >= 15 is 0 Å². The van der Waals surface area contributed by atoms with Crippen molar-refractivity contribution in [1.82, 2.24) is 19.6 Å². The van der Waals surface area contributed by atoms with Crippen molar-refractivity contribution in [3.8, 4) is 0 Å². The van der Waals surface area contributed by atoms with E-state index in [-0.39, 0.29) is 0 Å². The Morgan fingerprint density at radius 1 is 0.781 bits per heavy atom. The molecule has 11 heteroatoms. The Bertz CT molecular complexity index is 1250. The van der Waals surface area contributed by atoms with E-state index in [1.54, 1.807) is 27.7 Å². The zero-order valence-electron chi connectivity index (χ0n) is 16.4. The van der Waals surface area contributed by atoms with Crippen LogP contribution in [0.1, 0.15) is 11.1 Å². The lowest BCUT2D eigenvalue weighted by atomic mass is 10.2. The van der Waals surface area contributed by atoms with Crippen LogP contribution in [0, 0.1) is 0 Å². The van der Waals surface area contributed by atoms with Gasteiger partial charge in [-0.3, -0.25) is 9.36 Å². The lowest BCUT2D eigenvalue weighted by Gasteiger charge is -2.07. The topological polar surface area (TPSA) is 59.7 Å². The Balaban J connectivity index is 1.35. The van der Waals surface area contributed by atoms with Crippen LogP contribution in [-0.2, 0) is 13.1 Å². The highest BCUT2D eigenvalue weighted by Crippen LogP contribution is 2.24. The fraction of sp³-hybridized carbons (Fsp3) is 0.0952. The van der Waals surface area contributed by atoms with Crippen LogP contribution in [0.15, 0.2) is 60.9 Å². The Hall–Kier alpha value is -2.29. The third kappa shape index (κ3) is 5.94. The van der Waals surface area contributed by atoms with E-state index in [1.165, 1.54) is 0 Å². The number of aromatic nitrogens is 4. The number of nitrogens with one attached hydrogen (secondary N) is 2. The summed E-state index contributed by atoms with van der Waals surface area (Å²) in [6.07, 6.45) is 3.56. The van der Waals surface area contributed by atoms with Gasteiger partial charge in [-0.2, -0.15) is 10.2 Å². The number of anilines is 2. The first-order valence-electron chi connectivity index (χ1n) is 9.38. The van der Waals surface area contributed by atoms with Crippen LogP contribution >= 0.6 is 58.6 Å². The first-order chi connectivity index (χ1) is 15.4. The summed E-state index contributed by atoms with van der Waals surface area (Å²) in [6.45, 7) is 1.09. The summed E-state index contributed by atoms with van der Waals surface area (Å²) in [5, 5.41) is 17.4. The summed E-state index contributed by atoms with van der Waals surface area (Å²) in [5.74, 6) is 1.03. The lowest BCUT2D eigenvalue weighted by Crippen LogP contribution is -2.20. The molecule has 6 nitrogen and oxygen atoms in total. The molecule has 0 aliphatic rings. The van der Waals surface area contributed by atoms with Crippen LogP contribution < -0.4 is 10.6 Å². The summed E-state index contributed by atoms with van der Waals surface area (Å²) in [4.78, 5) is 0. The second kappa shape index (κ2) is 10.1. The monoisotopic (exact) mass is 524 g/mol. The van der Waals surface area contributed by atoms with Gasteiger partial charge in [0.2, 0.25) is 0 Å². The zero-order chi connectivity index (χ0) is 22.7. The average Bonchev–Trinajstić information content (AvgIpc) is 3.32. The van der Waals surface area contributed by atoms with Gasteiger partial charge in [0.15, 0.2) is 16.7 Å². The summed E-state index contributed by atoms with van der Waals surface area (Å²) < 4.78 is 3.49. The van der Waals surface area contributed by atoms with Crippen LogP contribution in [0.5, 0.6) is 0 Å². The lowest BCUT2D eigenvalue weighted by molar-refractivity contribution is 0.689. The van der Waals surface area contributed by atoms with E-state index < -0.39 is 0 Å². The maximum absolute atomic E-state index is 6.31. The molecule has 2 aromatic carbocycles. The summed E-state index contributed by atoms with van der Waals surface area (Å²) >= 11 is 29.7. The fourth-order valence-electron chi connectivity index (χ4n) is 2.94. The minimum absolute atomic E-state index is 0.323. The number of benzene rings is 2. The molecule has 0 amide bonds. The Morgan fingerprint density at radius 3 is 2.25 bits per heavy atom. The van der Waals surface area contributed by atoms with Gasteiger partial charge < -0.3 is 10.6 Å². The van der Waals surface area contributed by atoms with Gasteiger partial charge in [0.1, 0.15) is 5.02 Å². The molecule has 0 aliphatic heterocycles. The number of halogens is 4. The summed E-state index contributed by atoms with van der Waals surface area (Å²) in [7, 11) is 0. The molecule has 0 atom stereocenters. The van der Waals surface area contributed by atoms with Crippen LogP contribution in [0.25, 0.3) is 0 Å². The molecule has 0 saturated carbocycles. The number of hydrogen-bond acceptors (Lipinski definition) is 3. The highest BCUT2D eigenvalue weighted by Gasteiger charge is 2.11. The van der Waals surface area contributed by atoms with Crippen LogP contribution in [0.3, 0.4) is 0 Å². The summed E-state index contributed by atoms with van der Waals surface area (Å²) in [5.41, 5.74) is 2.03. The minimum Gasteiger partial charge on any atom is -0.316 e. The Kier molecular flexibility index (Phi) is 7.23. The molecule has 0 spiro atoms. The first-order valence-corrected chi connectivity index (χ1v) is 11.3. The highest BCUT2D eigenvalue weighted by molar-refractivity contribution is 7.80. The normalized spacial score (nSPS) is 10.9. The van der Waals surface area contributed by atoms with Crippen LogP contribution in [0.2, 0.25) is 20.1 Å². The fourth-order valence-corrected chi connectivity index (χ4v) is 3.78. The molecule has 4 aromatic rings. The number of nitrogens with zero attached hydrogens (tertiary/aromatic N) is 4. The van der Waals surface area contributed by atoms with Crippen molar-refractivity contribution in [2.45, 2.75) is 13.1 Å². The Labute approximate surface area is 210 Å². The zero-order valence-corrected chi connectivity index (χ0v) is 20.2.